The molecule has 0 radical (unpaired) electrons. The average Bonchev–Trinajstić information content (AvgIpc) is 2.41. The summed E-state index contributed by atoms with van der Waals surface area (Å²) in [5, 5.41) is 0.554. The highest BCUT2D eigenvalue weighted by molar-refractivity contribution is 7.89. The zero-order valence-corrected chi connectivity index (χ0v) is 11.9. The number of hydrogen-bond donors (Lipinski definition) is 2. The Morgan fingerprint density at radius 2 is 1.80 bits per heavy atom. The van der Waals surface area contributed by atoms with Gasteiger partial charge in [-0.15, -0.1) is 0 Å². The molecule has 4 nitrogen and oxygen atoms in total. The van der Waals surface area contributed by atoms with E-state index in [4.69, 9.17) is 17.3 Å². The summed E-state index contributed by atoms with van der Waals surface area (Å²) in [6, 6.07) is 10.1. The average molecular weight is 315 g/mol. The molecule has 2 aromatic rings. The van der Waals surface area contributed by atoms with E-state index in [0.29, 0.717) is 10.6 Å². The molecule has 0 unspecified atom stereocenters. The summed E-state index contributed by atoms with van der Waals surface area (Å²) in [5.74, 6) is -0.845. The lowest BCUT2D eigenvalue weighted by Crippen LogP contribution is -2.24. The molecule has 7 heteroatoms. The molecule has 0 aliphatic carbocycles. The SMILES string of the molecule is Nc1ccc(F)c(S(=O)(=O)NCc2ccc(Cl)cc2)c1. The van der Waals surface area contributed by atoms with Crippen molar-refractivity contribution in [1.29, 1.82) is 0 Å². The van der Waals surface area contributed by atoms with Crippen LogP contribution >= 0.6 is 11.6 Å². The van der Waals surface area contributed by atoms with Gasteiger partial charge in [0.25, 0.3) is 0 Å². The van der Waals surface area contributed by atoms with Gasteiger partial charge in [0.05, 0.1) is 0 Å². The summed E-state index contributed by atoms with van der Waals surface area (Å²) in [4.78, 5) is -0.466. The van der Waals surface area contributed by atoms with Crippen LogP contribution in [0.15, 0.2) is 47.4 Å². The molecule has 0 spiro atoms. The molecule has 2 rings (SSSR count). The van der Waals surface area contributed by atoms with Crippen molar-refractivity contribution >= 4 is 27.3 Å². The van der Waals surface area contributed by atoms with E-state index in [-0.39, 0.29) is 12.2 Å². The smallest absolute Gasteiger partial charge is 0.243 e. The monoisotopic (exact) mass is 314 g/mol. The molecule has 106 valence electrons. The summed E-state index contributed by atoms with van der Waals surface area (Å²) in [6.07, 6.45) is 0. The van der Waals surface area contributed by atoms with Gasteiger partial charge in [-0.1, -0.05) is 23.7 Å². The second-order valence-electron chi connectivity index (χ2n) is 4.14. The lowest BCUT2D eigenvalue weighted by molar-refractivity contribution is 0.557. The largest absolute Gasteiger partial charge is 0.399 e. The number of anilines is 1. The number of halogens is 2. The summed E-state index contributed by atoms with van der Waals surface area (Å²) >= 11 is 5.73. The fourth-order valence-electron chi connectivity index (χ4n) is 1.58. The van der Waals surface area contributed by atoms with Crippen molar-refractivity contribution in [2.24, 2.45) is 0 Å². The third kappa shape index (κ3) is 3.47. The molecular weight excluding hydrogens is 303 g/mol. The van der Waals surface area contributed by atoms with Crippen molar-refractivity contribution < 1.29 is 12.8 Å². The van der Waals surface area contributed by atoms with Crippen molar-refractivity contribution in [1.82, 2.24) is 4.72 Å². The first-order valence-electron chi connectivity index (χ1n) is 5.67. The van der Waals surface area contributed by atoms with E-state index in [0.717, 1.165) is 12.1 Å². The van der Waals surface area contributed by atoms with Crippen molar-refractivity contribution in [3.63, 3.8) is 0 Å². The summed E-state index contributed by atoms with van der Waals surface area (Å²) in [5.41, 5.74) is 6.36. The zero-order chi connectivity index (χ0) is 14.8. The maximum Gasteiger partial charge on any atom is 0.243 e. The van der Waals surface area contributed by atoms with Crippen LogP contribution in [0.2, 0.25) is 5.02 Å². The molecule has 3 N–H and O–H groups in total. The van der Waals surface area contributed by atoms with Crippen LogP contribution in [0.4, 0.5) is 10.1 Å². The summed E-state index contributed by atoms with van der Waals surface area (Å²) < 4.78 is 39.9. The Labute approximate surface area is 121 Å². The Balaban J connectivity index is 2.19. The van der Waals surface area contributed by atoms with E-state index in [1.54, 1.807) is 24.3 Å². The maximum atomic E-state index is 13.6. The molecule has 2 aromatic carbocycles. The number of benzene rings is 2. The first-order chi connectivity index (χ1) is 9.38. The van der Waals surface area contributed by atoms with Gasteiger partial charge in [0.15, 0.2) is 0 Å². The van der Waals surface area contributed by atoms with Crippen LogP contribution in [0.5, 0.6) is 0 Å². The van der Waals surface area contributed by atoms with Crippen LogP contribution in [0.3, 0.4) is 0 Å². The standard InChI is InChI=1S/C13H12ClFN2O2S/c14-10-3-1-9(2-4-10)8-17-20(18,19)13-7-11(16)5-6-12(13)15/h1-7,17H,8,16H2. The Morgan fingerprint density at radius 1 is 1.15 bits per heavy atom. The second-order valence-corrected chi connectivity index (χ2v) is 6.31. The molecule has 0 amide bonds. The van der Waals surface area contributed by atoms with E-state index in [1.807, 2.05) is 0 Å². The first kappa shape index (κ1) is 14.8. The van der Waals surface area contributed by atoms with Gasteiger partial charge in [-0.2, -0.15) is 0 Å². The Kier molecular flexibility index (Phi) is 4.27. The molecule has 0 aromatic heterocycles. The minimum absolute atomic E-state index is 0.0355. The third-order valence-electron chi connectivity index (χ3n) is 2.62. The quantitative estimate of drug-likeness (QED) is 0.852. The van der Waals surface area contributed by atoms with Crippen molar-refractivity contribution in [3.05, 3.63) is 58.9 Å². The highest BCUT2D eigenvalue weighted by Crippen LogP contribution is 2.18. The Morgan fingerprint density at radius 3 is 2.45 bits per heavy atom. The van der Waals surface area contributed by atoms with Crippen LogP contribution in [-0.4, -0.2) is 8.42 Å². The van der Waals surface area contributed by atoms with Gasteiger partial charge in [0, 0.05) is 17.3 Å². The second kappa shape index (κ2) is 5.78. The van der Waals surface area contributed by atoms with Gasteiger partial charge in [-0.3, -0.25) is 0 Å². The van der Waals surface area contributed by atoms with Crippen LogP contribution in [-0.2, 0) is 16.6 Å². The van der Waals surface area contributed by atoms with Gasteiger partial charge in [-0.25, -0.2) is 17.5 Å². The number of rotatable bonds is 4. The number of nitrogens with one attached hydrogen (secondary N) is 1. The summed E-state index contributed by atoms with van der Waals surface area (Å²) in [6.45, 7) is 0.0355. The lowest BCUT2D eigenvalue weighted by atomic mass is 10.2. The fourth-order valence-corrected chi connectivity index (χ4v) is 2.84. The normalized spacial score (nSPS) is 11.5. The molecule has 0 saturated heterocycles. The van der Waals surface area contributed by atoms with Crippen molar-refractivity contribution in [2.75, 3.05) is 5.73 Å². The molecule has 0 aliphatic rings. The number of sulfonamides is 1. The molecule has 0 heterocycles. The van der Waals surface area contributed by atoms with Crippen LogP contribution in [0.25, 0.3) is 0 Å². The highest BCUT2D eigenvalue weighted by Gasteiger charge is 2.18. The van der Waals surface area contributed by atoms with E-state index in [2.05, 4.69) is 4.72 Å². The van der Waals surface area contributed by atoms with Crippen LogP contribution in [0, 0.1) is 5.82 Å². The molecule has 0 atom stereocenters. The number of nitrogen functional groups attached to an aromatic ring is 1. The molecule has 20 heavy (non-hydrogen) atoms. The Bertz CT molecular complexity index is 718. The Hall–Kier alpha value is -1.63. The zero-order valence-electron chi connectivity index (χ0n) is 10.3. The lowest BCUT2D eigenvalue weighted by Gasteiger charge is -2.08. The van der Waals surface area contributed by atoms with E-state index in [9.17, 15) is 12.8 Å². The van der Waals surface area contributed by atoms with E-state index in [1.165, 1.54) is 6.07 Å². The van der Waals surface area contributed by atoms with Gasteiger partial charge in [0.1, 0.15) is 10.7 Å². The van der Waals surface area contributed by atoms with E-state index < -0.39 is 20.7 Å². The van der Waals surface area contributed by atoms with Gasteiger partial charge < -0.3 is 5.73 Å². The van der Waals surface area contributed by atoms with E-state index >= 15 is 0 Å². The van der Waals surface area contributed by atoms with Gasteiger partial charge in [0.2, 0.25) is 10.0 Å². The minimum Gasteiger partial charge on any atom is -0.399 e. The molecule has 0 bridgehead atoms. The van der Waals surface area contributed by atoms with Crippen LogP contribution < -0.4 is 10.5 Å². The van der Waals surface area contributed by atoms with Crippen molar-refractivity contribution in [3.8, 4) is 0 Å². The van der Waals surface area contributed by atoms with Crippen LogP contribution in [0.1, 0.15) is 5.56 Å². The predicted molar refractivity (Wildman–Crippen MR) is 76.3 cm³/mol. The molecule has 0 saturated carbocycles. The molecular formula is C13H12ClFN2O2S. The molecule has 0 aliphatic heterocycles. The number of nitrogens with two attached hydrogens (primary N) is 1. The van der Waals surface area contributed by atoms with Crippen molar-refractivity contribution in [2.45, 2.75) is 11.4 Å². The first-order valence-corrected chi connectivity index (χ1v) is 7.54. The highest BCUT2D eigenvalue weighted by atomic mass is 35.5. The maximum absolute atomic E-state index is 13.6. The minimum atomic E-state index is -3.96. The third-order valence-corrected chi connectivity index (χ3v) is 4.29. The van der Waals surface area contributed by atoms with Gasteiger partial charge in [-0.05, 0) is 35.9 Å². The summed E-state index contributed by atoms with van der Waals surface area (Å²) in [7, 11) is -3.96. The fraction of sp³-hybridized carbons (Fsp3) is 0.0769. The predicted octanol–water partition coefficient (Wildman–Crippen LogP) is 2.54. The topological polar surface area (TPSA) is 72.2 Å². The number of hydrogen-bond acceptors (Lipinski definition) is 3. The van der Waals surface area contributed by atoms with Gasteiger partial charge >= 0.3 is 0 Å². The molecule has 0 fully saturated rings.